The number of carbonyl (C=O) groups excluding carboxylic acids is 1. The molecule has 4 nitrogen and oxygen atoms in total. The van der Waals surface area contributed by atoms with Crippen LogP contribution in [0.4, 0.5) is 0 Å². The second-order valence-electron chi connectivity index (χ2n) is 4.02. The predicted molar refractivity (Wildman–Crippen MR) is 70.0 cm³/mol. The van der Waals surface area contributed by atoms with Crippen LogP contribution in [-0.2, 0) is 16.0 Å². The number of benzene rings is 1. The van der Waals surface area contributed by atoms with Crippen LogP contribution in [0.5, 0.6) is 0 Å². The maximum absolute atomic E-state index is 11.0. The molecule has 0 fully saturated rings. The van der Waals surface area contributed by atoms with E-state index in [0.29, 0.717) is 19.8 Å². The smallest absolute Gasteiger partial charge is 0.152 e. The number of ether oxygens (including phenoxy) is 2. The van der Waals surface area contributed by atoms with E-state index in [1.54, 1.807) is 7.11 Å². The monoisotopic (exact) mass is 247 g/mol. The van der Waals surface area contributed by atoms with Crippen molar-refractivity contribution in [1.82, 2.24) is 4.57 Å². The first-order valence-electron chi connectivity index (χ1n) is 5.96. The highest BCUT2D eigenvalue weighted by atomic mass is 16.5. The molecule has 0 radical (unpaired) electrons. The third-order valence-electron chi connectivity index (χ3n) is 2.85. The van der Waals surface area contributed by atoms with Crippen molar-refractivity contribution in [3.63, 3.8) is 0 Å². The van der Waals surface area contributed by atoms with Gasteiger partial charge in [0.2, 0.25) is 0 Å². The maximum Gasteiger partial charge on any atom is 0.152 e. The molecule has 0 unspecified atom stereocenters. The average molecular weight is 247 g/mol. The zero-order valence-corrected chi connectivity index (χ0v) is 10.5. The Morgan fingerprint density at radius 2 is 2.06 bits per heavy atom. The summed E-state index contributed by atoms with van der Waals surface area (Å²) in [5, 5.41) is 0.990. The summed E-state index contributed by atoms with van der Waals surface area (Å²) in [5.74, 6) is 0. The Hall–Kier alpha value is -1.65. The molecule has 18 heavy (non-hydrogen) atoms. The largest absolute Gasteiger partial charge is 0.382 e. The maximum atomic E-state index is 11.0. The summed E-state index contributed by atoms with van der Waals surface area (Å²) in [7, 11) is 1.65. The van der Waals surface area contributed by atoms with Crippen LogP contribution in [0.2, 0.25) is 0 Å². The topological polar surface area (TPSA) is 40.5 Å². The molecule has 0 saturated carbocycles. The predicted octanol–water partition coefficient (Wildman–Crippen LogP) is 2.12. The van der Waals surface area contributed by atoms with E-state index in [0.717, 1.165) is 29.3 Å². The summed E-state index contributed by atoms with van der Waals surface area (Å²) < 4.78 is 12.4. The molecule has 96 valence electrons. The summed E-state index contributed by atoms with van der Waals surface area (Å²) in [6.07, 6.45) is 2.77. The van der Waals surface area contributed by atoms with E-state index in [2.05, 4.69) is 0 Å². The van der Waals surface area contributed by atoms with Crippen LogP contribution in [0.3, 0.4) is 0 Å². The van der Waals surface area contributed by atoms with Crippen LogP contribution in [0.1, 0.15) is 10.4 Å². The first-order chi connectivity index (χ1) is 8.86. The fourth-order valence-corrected chi connectivity index (χ4v) is 1.96. The summed E-state index contributed by atoms with van der Waals surface area (Å²) in [5.41, 5.74) is 1.79. The SMILES string of the molecule is COCCOCCn1cc(C=O)c2ccccc21. The summed E-state index contributed by atoms with van der Waals surface area (Å²) in [6, 6.07) is 7.88. The molecule has 4 heteroatoms. The Morgan fingerprint density at radius 1 is 1.22 bits per heavy atom. The minimum Gasteiger partial charge on any atom is -0.382 e. The third kappa shape index (κ3) is 2.78. The van der Waals surface area contributed by atoms with Gasteiger partial charge in [0.25, 0.3) is 0 Å². The van der Waals surface area contributed by atoms with Crippen LogP contribution in [0, 0.1) is 0 Å². The molecule has 0 saturated heterocycles. The highest BCUT2D eigenvalue weighted by Gasteiger charge is 2.06. The van der Waals surface area contributed by atoms with Crippen molar-refractivity contribution in [2.75, 3.05) is 26.9 Å². The van der Waals surface area contributed by atoms with Crippen molar-refractivity contribution in [3.05, 3.63) is 36.0 Å². The normalized spacial score (nSPS) is 10.9. The molecule has 0 spiro atoms. The number of hydrogen-bond donors (Lipinski definition) is 0. The molecule has 2 aromatic rings. The molecular weight excluding hydrogens is 230 g/mol. The van der Waals surface area contributed by atoms with E-state index in [4.69, 9.17) is 9.47 Å². The molecule has 0 N–H and O–H groups in total. The van der Waals surface area contributed by atoms with Crippen LogP contribution in [0.15, 0.2) is 30.5 Å². The molecule has 0 bridgehead atoms. The second kappa shape index (κ2) is 6.33. The number of aldehydes is 1. The lowest BCUT2D eigenvalue weighted by Gasteiger charge is -2.06. The third-order valence-corrected chi connectivity index (χ3v) is 2.85. The highest BCUT2D eigenvalue weighted by molar-refractivity contribution is 5.97. The minimum absolute atomic E-state index is 0.593. The van der Waals surface area contributed by atoms with Gasteiger partial charge in [0.1, 0.15) is 0 Å². The Morgan fingerprint density at radius 3 is 2.83 bits per heavy atom. The number of aromatic nitrogens is 1. The summed E-state index contributed by atoms with van der Waals surface area (Å²) in [6.45, 7) is 2.54. The number of fused-ring (bicyclic) bond motifs is 1. The van der Waals surface area contributed by atoms with Crippen molar-refractivity contribution >= 4 is 17.2 Å². The van der Waals surface area contributed by atoms with Crippen molar-refractivity contribution < 1.29 is 14.3 Å². The Balaban J connectivity index is 2.06. The first-order valence-corrected chi connectivity index (χ1v) is 5.96. The van der Waals surface area contributed by atoms with Gasteiger partial charge in [0.15, 0.2) is 6.29 Å². The van der Waals surface area contributed by atoms with Gasteiger partial charge in [0.05, 0.1) is 19.8 Å². The van der Waals surface area contributed by atoms with E-state index < -0.39 is 0 Å². The number of para-hydroxylation sites is 1. The number of rotatable bonds is 7. The Labute approximate surface area is 106 Å². The number of hydrogen-bond acceptors (Lipinski definition) is 3. The fraction of sp³-hybridized carbons (Fsp3) is 0.357. The number of methoxy groups -OCH3 is 1. The van der Waals surface area contributed by atoms with Crippen LogP contribution in [0.25, 0.3) is 10.9 Å². The quantitative estimate of drug-likeness (QED) is 0.556. The molecule has 2 rings (SSSR count). The Bertz CT molecular complexity index is 519. The lowest BCUT2D eigenvalue weighted by molar-refractivity contribution is 0.0670. The zero-order valence-electron chi connectivity index (χ0n) is 10.5. The van der Waals surface area contributed by atoms with E-state index in [9.17, 15) is 4.79 Å². The standard InChI is InChI=1S/C14H17NO3/c1-17-8-9-18-7-6-15-10-12(11-16)13-4-2-3-5-14(13)15/h2-5,10-11H,6-9H2,1H3. The average Bonchev–Trinajstić information content (AvgIpc) is 2.77. The van der Waals surface area contributed by atoms with E-state index in [1.807, 2.05) is 35.0 Å². The van der Waals surface area contributed by atoms with Gasteiger partial charge in [0, 0.05) is 36.3 Å². The lowest BCUT2D eigenvalue weighted by atomic mass is 10.2. The van der Waals surface area contributed by atoms with Gasteiger partial charge < -0.3 is 14.0 Å². The highest BCUT2D eigenvalue weighted by Crippen LogP contribution is 2.19. The molecule has 0 aliphatic carbocycles. The van der Waals surface area contributed by atoms with Crippen LogP contribution in [-0.4, -0.2) is 37.8 Å². The van der Waals surface area contributed by atoms with Crippen molar-refractivity contribution in [1.29, 1.82) is 0 Å². The summed E-state index contributed by atoms with van der Waals surface area (Å²) >= 11 is 0. The molecular formula is C14H17NO3. The Kier molecular flexibility index (Phi) is 4.50. The van der Waals surface area contributed by atoms with Crippen molar-refractivity contribution in [2.24, 2.45) is 0 Å². The summed E-state index contributed by atoms with van der Waals surface area (Å²) in [4.78, 5) is 11.0. The van der Waals surface area contributed by atoms with Gasteiger partial charge in [-0.2, -0.15) is 0 Å². The first kappa shape index (κ1) is 12.8. The van der Waals surface area contributed by atoms with Crippen molar-refractivity contribution in [3.8, 4) is 0 Å². The fourth-order valence-electron chi connectivity index (χ4n) is 1.96. The van der Waals surface area contributed by atoms with Crippen molar-refractivity contribution in [2.45, 2.75) is 6.54 Å². The molecule has 0 amide bonds. The van der Waals surface area contributed by atoms with E-state index in [-0.39, 0.29) is 0 Å². The molecule has 0 atom stereocenters. The number of nitrogens with zero attached hydrogens (tertiary/aromatic N) is 1. The van der Waals surface area contributed by atoms with Gasteiger partial charge >= 0.3 is 0 Å². The van der Waals surface area contributed by atoms with Crippen LogP contribution >= 0.6 is 0 Å². The van der Waals surface area contributed by atoms with Gasteiger partial charge in [-0.25, -0.2) is 0 Å². The zero-order chi connectivity index (χ0) is 12.8. The molecule has 0 aliphatic rings. The van der Waals surface area contributed by atoms with E-state index >= 15 is 0 Å². The van der Waals surface area contributed by atoms with Gasteiger partial charge in [-0.05, 0) is 6.07 Å². The molecule has 1 heterocycles. The van der Waals surface area contributed by atoms with Gasteiger partial charge in [-0.15, -0.1) is 0 Å². The number of carbonyl (C=O) groups is 1. The van der Waals surface area contributed by atoms with Crippen LogP contribution < -0.4 is 0 Å². The second-order valence-corrected chi connectivity index (χ2v) is 4.02. The van der Waals surface area contributed by atoms with Gasteiger partial charge in [-0.1, -0.05) is 18.2 Å². The lowest BCUT2D eigenvalue weighted by Crippen LogP contribution is -2.08. The molecule has 0 aliphatic heterocycles. The van der Waals surface area contributed by atoms with E-state index in [1.165, 1.54) is 0 Å². The molecule has 1 aromatic heterocycles. The van der Waals surface area contributed by atoms with Gasteiger partial charge in [-0.3, -0.25) is 4.79 Å². The minimum atomic E-state index is 0.593. The molecule has 1 aromatic carbocycles.